The normalized spacial score (nSPS) is 18.1. The van der Waals surface area contributed by atoms with Crippen LogP contribution in [0.25, 0.3) is 0 Å². The van der Waals surface area contributed by atoms with Crippen molar-refractivity contribution in [3.8, 4) is 0 Å². The van der Waals surface area contributed by atoms with Gasteiger partial charge in [0.1, 0.15) is 0 Å². The first kappa shape index (κ1) is 12.6. The SMILES string of the molecule is CC(C)c1ccc(C2(CCCN)COC2)cc1. The van der Waals surface area contributed by atoms with E-state index >= 15 is 0 Å². The van der Waals surface area contributed by atoms with Gasteiger partial charge in [0.25, 0.3) is 0 Å². The van der Waals surface area contributed by atoms with Crippen molar-refractivity contribution < 1.29 is 4.74 Å². The average Bonchev–Trinajstić information content (AvgIpc) is 2.28. The second-order valence-electron chi connectivity index (χ2n) is 5.44. The summed E-state index contributed by atoms with van der Waals surface area (Å²) >= 11 is 0. The van der Waals surface area contributed by atoms with E-state index in [0.29, 0.717) is 5.92 Å². The maximum absolute atomic E-state index is 5.62. The van der Waals surface area contributed by atoms with Gasteiger partial charge in [-0.25, -0.2) is 0 Å². The van der Waals surface area contributed by atoms with Crippen LogP contribution in [0.5, 0.6) is 0 Å². The standard InChI is InChI=1S/C15H23NO/c1-12(2)13-4-6-14(7-5-13)15(8-3-9-16)10-17-11-15/h4-7,12H,3,8-11,16H2,1-2H3. The number of ether oxygens (including phenoxy) is 1. The Morgan fingerprint density at radius 3 is 2.29 bits per heavy atom. The Morgan fingerprint density at radius 1 is 1.24 bits per heavy atom. The minimum absolute atomic E-state index is 0.245. The highest BCUT2D eigenvalue weighted by Gasteiger charge is 2.39. The molecule has 0 bridgehead atoms. The summed E-state index contributed by atoms with van der Waals surface area (Å²) in [4.78, 5) is 0. The Hall–Kier alpha value is -0.860. The first-order valence-electron chi connectivity index (χ1n) is 6.56. The van der Waals surface area contributed by atoms with E-state index in [-0.39, 0.29) is 5.41 Å². The molecule has 17 heavy (non-hydrogen) atoms. The quantitative estimate of drug-likeness (QED) is 0.848. The molecule has 0 radical (unpaired) electrons. The highest BCUT2D eigenvalue weighted by Crippen LogP contribution is 2.37. The summed E-state index contributed by atoms with van der Waals surface area (Å²) in [5.74, 6) is 0.599. The summed E-state index contributed by atoms with van der Waals surface area (Å²) in [6.45, 7) is 6.94. The van der Waals surface area contributed by atoms with Gasteiger partial charge in [0.05, 0.1) is 13.2 Å². The Labute approximate surface area is 104 Å². The third-order valence-electron chi connectivity index (χ3n) is 3.81. The highest BCUT2D eigenvalue weighted by atomic mass is 16.5. The molecule has 0 aromatic heterocycles. The summed E-state index contributed by atoms with van der Waals surface area (Å²) in [6.07, 6.45) is 2.22. The van der Waals surface area contributed by atoms with Crippen LogP contribution < -0.4 is 5.73 Å². The lowest BCUT2D eigenvalue weighted by molar-refractivity contribution is -0.0649. The molecule has 2 nitrogen and oxygen atoms in total. The van der Waals surface area contributed by atoms with Crippen molar-refractivity contribution in [3.63, 3.8) is 0 Å². The van der Waals surface area contributed by atoms with Crippen LogP contribution in [0, 0.1) is 0 Å². The van der Waals surface area contributed by atoms with E-state index in [2.05, 4.69) is 38.1 Å². The second-order valence-corrected chi connectivity index (χ2v) is 5.44. The molecule has 0 aliphatic carbocycles. The van der Waals surface area contributed by atoms with Gasteiger partial charge in [0.2, 0.25) is 0 Å². The summed E-state index contributed by atoms with van der Waals surface area (Å²) in [5.41, 5.74) is 8.68. The molecular formula is C15H23NO. The van der Waals surface area contributed by atoms with Crippen LogP contribution >= 0.6 is 0 Å². The molecule has 1 heterocycles. The molecule has 2 N–H and O–H groups in total. The number of nitrogens with two attached hydrogens (primary N) is 1. The molecule has 94 valence electrons. The Balaban J connectivity index is 2.14. The smallest absolute Gasteiger partial charge is 0.0585 e. The van der Waals surface area contributed by atoms with Crippen LogP contribution in [0.15, 0.2) is 24.3 Å². The summed E-state index contributed by atoms with van der Waals surface area (Å²) in [5, 5.41) is 0. The summed E-state index contributed by atoms with van der Waals surface area (Å²) < 4.78 is 5.43. The van der Waals surface area contributed by atoms with Crippen molar-refractivity contribution in [2.45, 2.75) is 38.0 Å². The van der Waals surface area contributed by atoms with Gasteiger partial charge in [-0.3, -0.25) is 0 Å². The third kappa shape index (κ3) is 2.53. The van der Waals surface area contributed by atoms with Gasteiger partial charge in [-0.2, -0.15) is 0 Å². The van der Waals surface area contributed by atoms with E-state index in [9.17, 15) is 0 Å². The molecule has 0 atom stereocenters. The molecule has 1 aliphatic rings. The zero-order valence-corrected chi connectivity index (χ0v) is 10.9. The van der Waals surface area contributed by atoms with Crippen LogP contribution in [0.2, 0.25) is 0 Å². The molecule has 1 saturated heterocycles. The van der Waals surface area contributed by atoms with E-state index in [4.69, 9.17) is 10.5 Å². The van der Waals surface area contributed by atoms with E-state index in [1.807, 2.05) is 0 Å². The maximum Gasteiger partial charge on any atom is 0.0585 e. The largest absolute Gasteiger partial charge is 0.379 e. The molecule has 0 unspecified atom stereocenters. The molecule has 1 aromatic rings. The van der Waals surface area contributed by atoms with Gasteiger partial charge in [0, 0.05) is 5.41 Å². The lowest BCUT2D eigenvalue weighted by Crippen LogP contribution is -2.47. The first-order valence-corrected chi connectivity index (χ1v) is 6.56. The van der Waals surface area contributed by atoms with Crippen molar-refractivity contribution in [1.82, 2.24) is 0 Å². The number of benzene rings is 1. The van der Waals surface area contributed by atoms with Gasteiger partial charge in [-0.05, 0) is 36.4 Å². The van der Waals surface area contributed by atoms with Crippen LogP contribution in [0.1, 0.15) is 43.7 Å². The highest BCUT2D eigenvalue weighted by molar-refractivity contribution is 5.32. The Bertz CT molecular complexity index is 352. The van der Waals surface area contributed by atoms with Gasteiger partial charge in [-0.1, -0.05) is 38.1 Å². The molecule has 1 aliphatic heterocycles. The van der Waals surface area contributed by atoms with Crippen LogP contribution in [-0.2, 0) is 10.2 Å². The predicted octanol–water partition coefficient (Wildman–Crippen LogP) is 2.82. The van der Waals surface area contributed by atoms with Crippen LogP contribution in [-0.4, -0.2) is 19.8 Å². The predicted molar refractivity (Wildman–Crippen MR) is 71.3 cm³/mol. The number of hydrogen-bond donors (Lipinski definition) is 1. The van der Waals surface area contributed by atoms with E-state index < -0.39 is 0 Å². The van der Waals surface area contributed by atoms with Crippen molar-refractivity contribution >= 4 is 0 Å². The lowest BCUT2D eigenvalue weighted by atomic mass is 9.74. The van der Waals surface area contributed by atoms with Gasteiger partial charge < -0.3 is 10.5 Å². The fraction of sp³-hybridized carbons (Fsp3) is 0.600. The van der Waals surface area contributed by atoms with Crippen molar-refractivity contribution in [2.24, 2.45) is 5.73 Å². The fourth-order valence-corrected chi connectivity index (χ4v) is 2.47. The molecule has 0 saturated carbocycles. The van der Waals surface area contributed by atoms with Crippen LogP contribution in [0.3, 0.4) is 0 Å². The molecule has 2 rings (SSSR count). The summed E-state index contributed by atoms with van der Waals surface area (Å²) in [6, 6.07) is 9.05. The zero-order chi connectivity index (χ0) is 12.3. The van der Waals surface area contributed by atoms with E-state index in [1.54, 1.807) is 0 Å². The van der Waals surface area contributed by atoms with Crippen molar-refractivity contribution in [3.05, 3.63) is 35.4 Å². The third-order valence-corrected chi connectivity index (χ3v) is 3.81. The van der Waals surface area contributed by atoms with E-state index in [1.165, 1.54) is 11.1 Å². The molecule has 0 spiro atoms. The summed E-state index contributed by atoms with van der Waals surface area (Å²) in [7, 11) is 0. The minimum atomic E-state index is 0.245. The van der Waals surface area contributed by atoms with E-state index in [0.717, 1.165) is 32.6 Å². The van der Waals surface area contributed by atoms with Crippen LogP contribution in [0.4, 0.5) is 0 Å². The maximum atomic E-state index is 5.62. The average molecular weight is 233 g/mol. The topological polar surface area (TPSA) is 35.2 Å². The van der Waals surface area contributed by atoms with Gasteiger partial charge in [0.15, 0.2) is 0 Å². The first-order chi connectivity index (χ1) is 8.18. The van der Waals surface area contributed by atoms with Gasteiger partial charge >= 0.3 is 0 Å². The van der Waals surface area contributed by atoms with Gasteiger partial charge in [-0.15, -0.1) is 0 Å². The van der Waals surface area contributed by atoms with Crippen molar-refractivity contribution in [1.29, 1.82) is 0 Å². The molecule has 2 heteroatoms. The molecular weight excluding hydrogens is 210 g/mol. The number of rotatable bonds is 5. The van der Waals surface area contributed by atoms with Crippen molar-refractivity contribution in [2.75, 3.05) is 19.8 Å². The molecule has 1 fully saturated rings. The lowest BCUT2D eigenvalue weighted by Gasteiger charge is -2.42. The fourth-order valence-electron chi connectivity index (χ4n) is 2.47. The second kappa shape index (κ2) is 5.19. The number of hydrogen-bond acceptors (Lipinski definition) is 2. The molecule has 0 amide bonds. The minimum Gasteiger partial charge on any atom is -0.379 e. The monoisotopic (exact) mass is 233 g/mol. The molecule has 1 aromatic carbocycles. The Kier molecular flexibility index (Phi) is 3.85. The zero-order valence-electron chi connectivity index (χ0n) is 10.9. The Morgan fingerprint density at radius 2 is 1.88 bits per heavy atom.